The highest BCUT2D eigenvalue weighted by molar-refractivity contribution is 5.72. The molecule has 1 heterocycles. The molecule has 0 saturated carbocycles. The minimum absolute atomic E-state index is 0.131. The Morgan fingerprint density at radius 3 is 1.78 bits per heavy atom. The molecular formula is C27H26N2O3. The maximum absolute atomic E-state index is 11.3. The maximum Gasteiger partial charge on any atom is 0.332 e. The third-order valence-electron chi connectivity index (χ3n) is 5.68. The average molecular weight is 427 g/mol. The summed E-state index contributed by atoms with van der Waals surface area (Å²) in [6.07, 6.45) is 3.30. The minimum atomic E-state index is -0.959. The molecule has 3 aromatic carbocycles. The third-order valence-corrected chi connectivity index (χ3v) is 5.68. The third kappa shape index (κ3) is 4.07. The van der Waals surface area contributed by atoms with Gasteiger partial charge in [0.15, 0.2) is 6.10 Å². The molecule has 1 N–H and O–H groups in total. The van der Waals surface area contributed by atoms with Crippen molar-refractivity contribution in [1.29, 1.82) is 0 Å². The number of aromatic nitrogens is 2. The molecule has 0 aliphatic heterocycles. The topological polar surface area (TPSA) is 64.4 Å². The number of carbonyl (C=O) groups is 1. The first-order valence-corrected chi connectivity index (χ1v) is 10.7. The van der Waals surface area contributed by atoms with Gasteiger partial charge in [-0.25, -0.2) is 9.78 Å². The Morgan fingerprint density at radius 2 is 1.38 bits per heavy atom. The monoisotopic (exact) mass is 426 g/mol. The smallest absolute Gasteiger partial charge is 0.332 e. The van der Waals surface area contributed by atoms with Gasteiger partial charge in [0.2, 0.25) is 0 Å². The fourth-order valence-electron chi connectivity index (χ4n) is 4.16. The number of nitrogens with zero attached hydrogens (tertiary/aromatic N) is 2. The Kier molecular flexibility index (Phi) is 6.47. The van der Waals surface area contributed by atoms with Gasteiger partial charge in [-0.2, -0.15) is 0 Å². The summed E-state index contributed by atoms with van der Waals surface area (Å²) in [5.74, 6) is -0.959. The molecule has 162 valence electrons. The van der Waals surface area contributed by atoms with E-state index in [4.69, 9.17) is 4.74 Å². The number of rotatable bonds is 9. The van der Waals surface area contributed by atoms with E-state index in [-0.39, 0.29) is 6.61 Å². The maximum atomic E-state index is 11.3. The summed E-state index contributed by atoms with van der Waals surface area (Å²) in [4.78, 5) is 15.9. The van der Waals surface area contributed by atoms with Crippen LogP contribution in [0.4, 0.5) is 0 Å². The number of carboxylic acid groups (broad SMARTS) is 1. The fourth-order valence-corrected chi connectivity index (χ4v) is 4.16. The molecule has 0 spiro atoms. The van der Waals surface area contributed by atoms with Crippen LogP contribution in [0, 0.1) is 0 Å². The Bertz CT molecular complexity index is 1040. The second-order valence-electron chi connectivity index (χ2n) is 7.63. The predicted molar refractivity (Wildman–Crippen MR) is 123 cm³/mol. The lowest BCUT2D eigenvalue weighted by Crippen LogP contribution is -2.37. The molecule has 32 heavy (non-hydrogen) atoms. The van der Waals surface area contributed by atoms with Gasteiger partial charge in [-0.05, 0) is 23.1 Å². The second-order valence-corrected chi connectivity index (χ2v) is 7.63. The Hall–Kier alpha value is -3.70. The largest absolute Gasteiger partial charge is 0.479 e. The van der Waals surface area contributed by atoms with E-state index >= 15 is 0 Å². The van der Waals surface area contributed by atoms with E-state index in [1.165, 1.54) is 0 Å². The van der Waals surface area contributed by atoms with Crippen LogP contribution >= 0.6 is 0 Å². The predicted octanol–water partition coefficient (Wildman–Crippen LogP) is 5.10. The minimum Gasteiger partial charge on any atom is -0.479 e. The highest BCUT2D eigenvalue weighted by Gasteiger charge is 2.38. The molecule has 1 unspecified atom stereocenters. The molecule has 0 bridgehead atoms. The van der Waals surface area contributed by atoms with Crippen LogP contribution in [0.5, 0.6) is 0 Å². The van der Waals surface area contributed by atoms with Crippen LogP contribution in [-0.2, 0) is 21.7 Å². The van der Waals surface area contributed by atoms with Crippen molar-refractivity contribution in [1.82, 2.24) is 9.55 Å². The van der Waals surface area contributed by atoms with Crippen molar-refractivity contribution in [2.24, 2.45) is 0 Å². The van der Waals surface area contributed by atoms with Gasteiger partial charge in [0, 0.05) is 6.20 Å². The van der Waals surface area contributed by atoms with Crippen molar-refractivity contribution in [3.8, 4) is 0 Å². The van der Waals surface area contributed by atoms with Gasteiger partial charge < -0.3 is 14.4 Å². The number of benzene rings is 3. The molecule has 0 radical (unpaired) electrons. The molecule has 0 aliphatic rings. The first-order valence-electron chi connectivity index (χ1n) is 10.7. The highest BCUT2D eigenvalue weighted by atomic mass is 16.5. The van der Waals surface area contributed by atoms with Crippen LogP contribution in [0.3, 0.4) is 0 Å². The quantitative estimate of drug-likeness (QED) is 0.378. The lowest BCUT2D eigenvalue weighted by Gasteiger charge is -2.37. The normalized spacial score (nSPS) is 12.4. The van der Waals surface area contributed by atoms with Crippen molar-refractivity contribution in [2.45, 2.75) is 31.6 Å². The van der Waals surface area contributed by atoms with Crippen LogP contribution in [0.15, 0.2) is 104 Å². The summed E-state index contributed by atoms with van der Waals surface area (Å²) in [6.45, 7) is 1.93. The van der Waals surface area contributed by atoms with Gasteiger partial charge in [-0.3, -0.25) is 0 Å². The number of carboxylic acids is 1. The summed E-state index contributed by atoms with van der Waals surface area (Å²) >= 11 is 0. The van der Waals surface area contributed by atoms with Crippen LogP contribution in [0.2, 0.25) is 0 Å². The van der Waals surface area contributed by atoms with E-state index in [0.717, 1.165) is 16.7 Å². The Balaban J connectivity index is 1.86. The van der Waals surface area contributed by atoms with Gasteiger partial charge in [0.1, 0.15) is 5.54 Å². The van der Waals surface area contributed by atoms with Crippen molar-refractivity contribution in [3.63, 3.8) is 0 Å². The van der Waals surface area contributed by atoms with E-state index < -0.39 is 17.6 Å². The van der Waals surface area contributed by atoms with E-state index in [1.54, 1.807) is 13.3 Å². The zero-order valence-electron chi connectivity index (χ0n) is 18.0. The molecule has 5 nitrogen and oxygen atoms in total. The van der Waals surface area contributed by atoms with Crippen LogP contribution < -0.4 is 0 Å². The Morgan fingerprint density at radius 1 is 0.906 bits per heavy atom. The summed E-state index contributed by atoms with van der Waals surface area (Å²) in [5.41, 5.74) is 3.32. The van der Waals surface area contributed by atoms with Gasteiger partial charge in [-0.15, -0.1) is 0 Å². The van der Waals surface area contributed by atoms with E-state index in [0.29, 0.717) is 12.1 Å². The highest BCUT2D eigenvalue weighted by Crippen LogP contribution is 2.40. The van der Waals surface area contributed by atoms with Crippen LogP contribution in [0.1, 0.15) is 35.7 Å². The van der Waals surface area contributed by atoms with Crippen molar-refractivity contribution >= 4 is 5.97 Å². The molecule has 4 aromatic rings. The number of ether oxygens (including phenoxy) is 1. The van der Waals surface area contributed by atoms with Gasteiger partial charge in [-0.1, -0.05) is 97.9 Å². The summed E-state index contributed by atoms with van der Waals surface area (Å²) in [5, 5.41) is 9.28. The van der Waals surface area contributed by atoms with E-state index in [1.807, 2.05) is 60.8 Å². The summed E-state index contributed by atoms with van der Waals surface area (Å²) < 4.78 is 7.70. The number of imidazole rings is 1. The molecular weight excluding hydrogens is 400 g/mol. The van der Waals surface area contributed by atoms with Gasteiger partial charge >= 0.3 is 5.97 Å². The van der Waals surface area contributed by atoms with Crippen molar-refractivity contribution in [2.75, 3.05) is 0 Å². The molecule has 4 rings (SSSR count). The summed E-state index contributed by atoms with van der Waals surface area (Å²) in [7, 11) is 0. The Labute approximate surface area is 188 Å². The standard InChI is InChI=1S/C27H26N2O3/c1-2-25(26(30)31)32-19-24-18-29(20-28-24)27(21-12-6-3-7-13-21,22-14-8-4-9-15-22)23-16-10-5-11-17-23/h3-18,20,25H,2,19H2,1H3,(H,30,31). The van der Waals surface area contributed by atoms with E-state index in [9.17, 15) is 9.90 Å². The lowest BCUT2D eigenvalue weighted by molar-refractivity contribution is -0.151. The molecule has 1 atom stereocenters. The molecule has 0 aliphatic carbocycles. The van der Waals surface area contributed by atoms with Crippen LogP contribution in [0.25, 0.3) is 0 Å². The zero-order valence-corrected chi connectivity index (χ0v) is 18.0. The molecule has 0 fully saturated rings. The van der Waals surface area contributed by atoms with Crippen molar-refractivity contribution in [3.05, 3.63) is 126 Å². The first kappa shape index (κ1) is 21.5. The average Bonchev–Trinajstić information content (AvgIpc) is 3.31. The number of hydrogen-bond donors (Lipinski definition) is 1. The van der Waals surface area contributed by atoms with Gasteiger partial charge in [0.05, 0.1) is 18.6 Å². The lowest BCUT2D eigenvalue weighted by atomic mass is 9.77. The second kappa shape index (κ2) is 9.62. The molecule has 0 saturated heterocycles. The SMILES string of the molecule is CCC(OCc1cn(C(c2ccccc2)(c2ccccc2)c2ccccc2)cn1)C(=O)O. The number of aliphatic carboxylic acids is 1. The first-order chi connectivity index (χ1) is 15.7. The number of hydrogen-bond acceptors (Lipinski definition) is 3. The molecule has 5 heteroatoms. The van der Waals surface area contributed by atoms with Gasteiger partial charge in [0.25, 0.3) is 0 Å². The summed E-state index contributed by atoms with van der Waals surface area (Å²) in [6, 6.07) is 31.0. The zero-order chi connectivity index (χ0) is 22.4. The fraction of sp³-hybridized carbons (Fsp3) is 0.185. The molecule has 1 aromatic heterocycles. The molecule has 0 amide bonds. The van der Waals surface area contributed by atoms with E-state index in [2.05, 4.69) is 45.9 Å². The van der Waals surface area contributed by atoms with Crippen molar-refractivity contribution < 1.29 is 14.6 Å². The van der Waals surface area contributed by atoms with Crippen LogP contribution in [-0.4, -0.2) is 26.7 Å².